The molecule has 6 heteroatoms. The number of nitrogens with one attached hydrogen (secondary N) is 2. The number of amides is 1. The van der Waals surface area contributed by atoms with E-state index in [0.717, 1.165) is 49.5 Å². The lowest BCUT2D eigenvalue weighted by molar-refractivity contribution is -0.126. The van der Waals surface area contributed by atoms with Crippen molar-refractivity contribution in [3.63, 3.8) is 0 Å². The molecule has 30 heavy (non-hydrogen) atoms. The number of rotatable bonds is 9. The zero-order valence-electron chi connectivity index (χ0n) is 18.4. The average molecular weight is 433 g/mol. The first-order chi connectivity index (χ1) is 14.6. The largest absolute Gasteiger partial charge is 0.355 e. The minimum Gasteiger partial charge on any atom is -0.355 e. The van der Waals surface area contributed by atoms with Gasteiger partial charge in [-0.05, 0) is 63.9 Å². The summed E-state index contributed by atoms with van der Waals surface area (Å²) in [5, 5.41) is 7.44. The highest BCUT2D eigenvalue weighted by molar-refractivity contribution is 6.31. The molecule has 1 amide bonds. The fraction of sp³-hybridized carbons (Fsp3) is 0.625. The van der Waals surface area contributed by atoms with Crippen LogP contribution in [0.2, 0.25) is 0 Å². The Bertz CT molecular complexity index is 688. The second-order valence-electron chi connectivity index (χ2n) is 8.50. The van der Waals surface area contributed by atoms with E-state index in [4.69, 9.17) is 11.6 Å². The normalized spacial score (nSPS) is 24.3. The molecule has 2 atom stereocenters. The third-order valence-corrected chi connectivity index (χ3v) is 6.48. The lowest BCUT2D eigenvalue weighted by Gasteiger charge is -2.38. The van der Waals surface area contributed by atoms with Crippen LogP contribution in [0.4, 0.5) is 0 Å². The van der Waals surface area contributed by atoms with Gasteiger partial charge in [0.1, 0.15) is 0 Å². The molecule has 1 aromatic rings. The maximum absolute atomic E-state index is 12.8. The first-order valence-electron chi connectivity index (χ1n) is 11.5. The molecule has 0 unspecified atom stereocenters. The molecule has 0 saturated carbocycles. The molecule has 166 valence electrons. The second kappa shape index (κ2) is 11.8. The molecule has 3 rings (SSSR count). The van der Waals surface area contributed by atoms with Crippen molar-refractivity contribution >= 4 is 23.6 Å². The molecule has 0 spiro atoms. The van der Waals surface area contributed by atoms with E-state index in [1.165, 1.54) is 13.0 Å². The van der Waals surface area contributed by atoms with Gasteiger partial charge in [-0.15, -0.1) is 0 Å². The predicted molar refractivity (Wildman–Crippen MR) is 126 cm³/mol. The number of likely N-dealkylation sites (tertiary alicyclic amines) is 2. The molecule has 2 N–H and O–H groups in total. The molecule has 5 nitrogen and oxygen atoms in total. The average Bonchev–Trinajstić information content (AvgIpc) is 3.18. The Balaban J connectivity index is 1.58. The number of carbonyl (C=O) groups is 1. The molecule has 0 aromatic heterocycles. The topological polar surface area (TPSA) is 47.6 Å². The fourth-order valence-electron chi connectivity index (χ4n) is 4.78. The highest BCUT2D eigenvalue weighted by atomic mass is 35.5. The monoisotopic (exact) mass is 432 g/mol. The van der Waals surface area contributed by atoms with Crippen LogP contribution in [0.1, 0.15) is 45.1 Å². The summed E-state index contributed by atoms with van der Waals surface area (Å²) >= 11 is 6.47. The highest BCUT2D eigenvalue weighted by Gasteiger charge is 2.40. The van der Waals surface area contributed by atoms with E-state index < -0.39 is 0 Å². The van der Waals surface area contributed by atoms with Gasteiger partial charge in [0.15, 0.2) is 0 Å². The van der Waals surface area contributed by atoms with E-state index in [2.05, 4.69) is 39.5 Å². The van der Waals surface area contributed by atoms with Crippen molar-refractivity contribution in [2.75, 3.05) is 39.3 Å². The molecule has 0 radical (unpaired) electrons. The Morgan fingerprint density at radius 3 is 2.60 bits per heavy atom. The smallest absolute Gasteiger partial charge is 0.237 e. The summed E-state index contributed by atoms with van der Waals surface area (Å²) in [5.74, 6) is 0.170. The lowest BCUT2D eigenvalue weighted by Crippen LogP contribution is -2.51. The summed E-state index contributed by atoms with van der Waals surface area (Å²) in [6, 6.07) is 10.9. The summed E-state index contributed by atoms with van der Waals surface area (Å²) in [5.41, 5.74) is 1.11. The van der Waals surface area contributed by atoms with Gasteiger partial charge < -0.3 is 15.5 Å². The van der Waals surface area contributed by atoms with Crippen molar-refractivity contribution in [2.45, 2.75) is 57.7 Å². The Morgan fingerprint density at radius 2 is 1.93 bits per heavy atom. The van der Waals surface area contributed by atoms with Gasteiger partial charge in [-0.3, -0.25) is 9.69 Å². The van der Waals surface area contributed by atoms with Crippen molar-refractivity contribution in [3.8, 4) is 0 Å². The molecule has 0 bridgehead atoms. The first-order valence-corrected chi connectivity index (χ1v) is 11.9. The molecule has 2 aliphatic heterocycles. The van der Waals surface area contributed by atoms with E-state index in [9.17, 15) is 4.79 Å². The van der Waals surface area contributed by atoms with Crippen LogP contribution in [0.5, 0.6) is 0 Å². The number of carbonyl (C=O) groups excluding carboxylic acids is 1. The summed E-state index contributed by atoms with van der Waals surface area (Å²) in [7, 11) is 0. The maximum Gasteiger partial charge on any atom is 0.237 e. The number of likely N-dealkylation sites (N-methyl/N-ethyl adjacent to an activating group) is 1. The van der Waals surface area contributed by atoms with Crippen molar-refractivity contribution in [1.82, 2.24) is 20.4 Å². The van der Waals surface area contributed by atoms with Crippen LogP contribution in [0, 0.1) is 0 Å². The summed E-state index contributed by atoms with van der Waals surface area (Å²) in [6.45, 7) is 9.92. The van der Waals surface area contributed by atoms with Gasteiger partial charge in [0.2, 0.25) is 5.91 Å². The third-order valence-electron chi connectivity index (χ3n) is 6.24. The number of nitrogens with zero attached hydrogens (tertiary/aromatic N) is 2. The van der Waals surface area contributed by atoms with E-state index in [0.29, 0.717) is 19.1 Å². The first kappa shape index (κ1) is 23.3. The number of benzene rings is 1. The second-order valence-corrected chi connectivity index (χ2v) is 8.98. The minimum atomic E-state index is -0.0398. The van der Waals surface area contributed by atoms with Crippen LogP contribution in [-0.4, -0.2) is 73.1 Å². The van der Waals surface area contributed by atoms with Crippen LogP contribution >= 0.6 is 11.6 Å². The van der Waals surface area contributed by atoms with E-state index >= 15 is 0 Å². The van der Waals surface area contributed by atoms with E-state index in [-0.39, 0.29) is 18.0 Å². The van der Waals surface area contributed by atoms with E-state index in [1.807, 2.05) is 31.2 Å². The SMILES string of the molecule is CCCN1CCC(N2C[C@@H](NC/C(Cl)=C/c3ccccc3)C[C@H]2C(=O)NCC)CC1. The van der Waals surface area contributed by atoms with Gasteiger partial charge >= 0.3 is 0 Å². The van der Waals surface area contributed by atoms with Crippen molar-refractivity contribution in [1.29, 1.82) is 0 Å². The van der Waals surface area contributed by atoms with Crippen LogP contribution in [0.25, 0.3) is 6.08 Å². The zero-order chi connectivity index (χ0) is 21.3. The Labute approximate surface area is 186 Å². The molecular weight excluding hydrogens is 396 g/mol. The zero-order valence-corrected chi connectivity index (χ0v) is 19.2. The third kappa shape index (κ3) is 6.55. The Hall–Kier alpha value is -1.40. The van der Waals surface area contributed by atoms with Crippen LogP contribution in [-0.2, 0) is 4.79 Å². The van der Waals surface area contributed by atoms with Gasteiger partial charge in [0, 0.05) is 36.8 Å². The van der Waals surface area contributed by atoms with Gasteiger partial charge in [-0.25, -0.2) is 0 Å². The lowest BCUT2D eigenvalue weighted by atomic mass is 10.0. The maximum atomic E-state index is 12.8. The number of halogens is 1. The number of hydrogen-bond donors (Lipinski definition) is 2. The molecular formula is C24H37ClN4O. The number of hydrogen-bond acceptors (Lipinski definition) is 4. The van der Waals surface area contributed by atoms with Crippen LogP contribution in [0.15, 0.2) is 35.4 Å². The molecule has 2 saturated heterocycles. The number of piperidine rings is 1. The van der Waals surface area contributed by atoms with Crippen LogP contribution in [0.3, 0.4) is 0 Å². The van der Waals surface area contributed by atoms with Gasteiger partial charge in [-0.2, -0.15) is 0 Å². The molecule has 2 heterocycles. The molecule has 0 aliphatic carbocycles. The summed E-state index contributed by atoms with van der Waals surface area (Å²) < 4.78 is 0. The summed E-state index contributed by atoms with van der Waals surface area (Å²) in [6.07, 6.45) is 6.36. The van der Waals surface area contributed by atoms with Gasteiger partial charge in [0.25, 0.3) is 0 Å². The molecule has 2 fully saturated rings. The van der Waals surface area contributed by atoms with Gasteiger partial charge in [0.05, 0.1) is 6.04 Å². The van der Waals surface area contributed by atoms with Crippen LogP contribution < -0.4 is 10.6 Å². The Kier molecular flexibility index (Phi) is 9.19. The predicted octanol–water partition coefficient (Wildman–Crippen LogP) is 3.31. The quantitative estimate of drug-likeness (QED) is 0.628. The standard InChI is InChI=1S/C24H37ClN4O/c1-3-12-28-13-10-22(11-14-28)29-18-21(16-23(29)24(30)26-4-2)27-17-20(25)15-19-8-6-5-7-9-19/h5-9,15,21-23,27H,3-4,10-14,16-18H2,1-2H3,(H,26,30)/b20-15-/t21-,23-/m0/s1. The molecule has 2 aliphatic rings. The van der Waals surface area contributed by atoms with Gasteiger partial charge in [-0.1, -0.05) is 48.9 Å². The molecule has 1 aromatic carbocycles. The Morgan fingerprint density at radius 1 is 1.20 bits per heavy atom. The van der Waals surface area contributed by atoms with E-state index in [1.54, 1.807) is 0 Å². The van der Waals surface area contributed by atoms with Crippen molar-refractivity contribution < 1.29 is 4.79 Å². The van der Waals surface area contributed by atoms with Crippen molar-refractivity contribution in [2.24, 2.45) is 0 Å². The summed E-state index contributed by atoms with van der Waals surface area (Å²) in [4.78, 5) is 17.8. The fourth-order valence-corrected chi connectivity index (χ4v) is 4.98. The van der Waals surface area contributed by atoms with Crippen molar-refractivity contribution in [3.05, 3.63) is 40.9 Å². The highest BCUT2D eigenvalue weighted by Crippen LogP contribution is 2.27. The minimum absolute atomic E-state index is 0.0398.